The zero-order valence-electron chi connectivity index (χ0n) is 8.49. The number of hydrogen-bond donors (Lipinski definition) is 1. The summed E-state index contributed by atoms with van der Waals surface area (Å²) in [6.07, 6.45) is 2.57. The number of halogens is 2. The SMILES string of the molecule is Cl.NCC1CCCN1Cc1cc(Br)cs1. The van der Waals surface area contributed by atoms with Crippen molar-refractivity contribution in [2.24, 2.45) is 5.73 Å². The van der Waals surface area contributed by atoms with Crippen LogP contribution in [0.15, 0.2) is 15.9 Å². The van der Waals surface area contributed by atoms with Gasteiger partial charge in [-0.15, -0.1) is 23.7 Å². The van der Waals surface area contributed by atoms with Crippen molar-refractivity contribution in [2.75, 3.05) is 13.1 Å². The molecule has 0 spiro atoms. The second-order valence-electron chi connectivity index (χ2n) is 3.73. The summed E-state index contributed by atoms with van der Waals surface area (Å²) in [5, 5.41) is 2.14. The standard InChI is InChI=1S/C10H15BrN2S.ClH/c11-8-4-10(14-7-8)6-13-3-1-2-9(13)5-12;/h4,7,9H,1-3,5-6,12H2;1H. The molecule has 15 heavy (non-hydrogen) atoms. The third-order valence-electron chi connectivity index (χ3n) is 2.75. The second-order valence-corrected chi connectivity index (χ2v) is 5.64. The molecule has 5 heteroatoms. The first-order valence-corrected chi connectivity index (χ1v) is 6.64. The lowest BCUT2D eigenvalue weighted by molar-refractivity contribution is 0.252. The number of likely N-dealkylation sites (tertiary alicyclic amines) is 1. The van der Waals surface area contributed by atoms with Crippen LogP contribution in [0.3, 0.4) is 0 Å². The van der Waals surface area contributed by atoms with Crippen molar-refractivity contribution in [1.29, 1.82) is 0 Å². The van der Waals surface area contributed by atoms with Crippen molar-refractivity contribution >= 4 is 39.7 Å². The highest BCUT2D eigenvalue weighted by molar-refractivity contribution is 9.10. The second kappa shape index (κ2) is 6.21. The smallest absolute Gasteiger partial charge is 0.0331 e. The van der Waals surface area contributed by atoms with E-state index in [1.54, 1.807) is 0 Å². The van der Waals surface area contributed by atoms with Gasteiger partial charge in [0.05, 0.1) is 0 Å². The van der Waals surface area contributed by atoms with Crippen molar-refractivity contribution in [3.8, 4) is 0 Å². The van der Waals surface area contributed by atoms with Gasteiger partial charge < -0.3 is 5.73 Å². The van der Waals surface area contributed by atoms with Gasteiger partial charge in [-0.1, -0.05) is 0 Å². The average molecular weight is 312 g/mol. The first kappa shape index (κ1) is 13.5. The van der Waals surface area contributed by atoms with Gasteiger partial charge in [-0.25, -0.2) is 0 Å². The molecule has 2 heterocycles. The predicted octanol–water partition coefficient (Wildman–Crippen LogP) is 2.86. The minimum Gasteiger partial charge on any atom is -0.329 e. The first-order valence-electron chi connectivity index (χ1n) is 4.96. The Labute approximate surface area is 109 Å². The van der Waals surface area contributed by atoms with Crippen LogP contribution in [0.25, 0.3) is 0 Å². The molecule has 0 bridgehead atoms. The van der Waals surface area contributed by atoms with E-state index in [9.17, 15) is 0 Å². The fourth-order valence-electron chi connectivity index (χ4n) is 2.01. The average Bonchev–Trinajstić information content (AvgIpc) is 2.76. The van der Waals surface area contributed by atoms with Crippen LogP contribution in [0, 0.1) is 0 Å². The van der Waals surface area contributed by atoms with Crippen molar-refractivity contribution in [3.05, 3.63) is 20.8 Å². The van der Waals surface area contributed by atoms with E-state index < -0.39 is 0 Å². The molecule has 86 valence electrons. The molecule has 0 radical (unpaired) electrons. The molecule has 1 aliphatic rings. The van der Waals surface area contributed by atoms with E-state index in [0.29, 0.717) is 6.04 Å². The quantitative estimate of drug-likeness (QED) is 0.930. The van der Waals surface area contributed by atoms with Crippen LogP contribution in [0.4, 0.5) is 0 Å². The monoisotopic (exact) mass is 310 g/mol. The van der Waals surface area contributed by atoms with Gasteiger partial charge in [0.1, 0.15) is 0 Å². The molecule has 1 aliphatic heterocycles. The lowest BCUT2D eigenvalue weighted by atomic mass is 10.2. The van der Waals surface area contributed by atoms with Crippen LogP contribution in [-0.2, 0) is 6.54 Å². The van der Waals surface area contributed by atoms with Crippen LogP contribution < -0.4 is 5.73 Å². The Morgan fingerprint density at radius 2 is 2.40 bits per heavy atom. The Bertz CT molecular complexity index is 305. The first-order chi connectivity index (χ1) is 6.79. The number of nitrogens with zero attached hydrogens (tertiary/aromatic N) is 1. The molecule has 1 atom stereocenters. The lowest BCUT2D eigenvalue weighted by Gasteiger charge is -2.22. The number of nitrogens with two attached hydrogens (primary N) is 1. The van der Waals surface area contributed by atoms with E-state index in [1.165, 1.54) is 28.7 Å². The molecule has 1 fully saturated rings. The molecule has 1 aromatic rings. The zero-order valence-corrected chi connectivity index (χ0v) is 11.7. The normalized spacial score (nSPS) is 21.6. The lowest BCUT2D eigenvalue weighted by Crippen LogP contribution is -2.34. The molecule has 1 aromatic heterocycles. The van der Waals surface area contributed by atoms with Gasteiger partial charge in [0.15, 0.2) is 0 Å². The number of thiophene rings is 1. The topological polar surface area (TPSA) is 29.3 Å². The highest BCUT2D eigenvalue weighted by Gasteiger charge is 2.23. The Balaban J connectivity index is 0.00000112. The molecular weight excluding hydrogens is 296 g/mol. The maximum atomic E-state index is 5.74. The van der Waals surface area contributed by atoms with Gasteiger partial charge in [0.2, 0.25) is 0 Å². The van der Waals surface area contributed by atoms with Gasteiger partial charge in [-0.3, -0.25) is 4.90 Å². The Hall–Kier alpha value is 0.390. The minimum atomic E-state index is 0. The van der Waals surface area contributed by atoms with Crippen molar-refractivity contribution in [2.45, 2.75) is 25.4 Å². The molecule has 0 aromatic carbocycles. The molecule has 1 saturated heterocycles. The van der Waals surface area contributed by atoms with Gasteiger partial charge in [-0.2, -0.15) is 0 Å². The molecule has 1 unspecified atom stereocenters. The van der Waals surface area contributed by atoms with Gasteiger partial charge in [-0.05, 0) is 41.4 Å². The van der Waals surface area contributed by atoms with E-state index in [1.807, 2.05) is 11.3 Å². The van der Waals surface area contributed by atoms with E-state index in [4.69, 9.17) is 5.73 Å². The van der Waals surface area contributed by atoms with E-state index >= 15 is 0 Å². The maximum absolute atomic E-state index is 5.74. The number of rotatable bonds is 3. The highest BCUT2D eigenvalue weighted by Crippen LogP contribution is 2.24. The van der Waals surface area contributed by atoms with Gasteiger partial charge in [0.25, 0.3) is 0 Å². The van der Waals surface area contributed by atoms with E-state index in [-0.39, 0.29) is 12.4 Å². The molecule has 2 rings (SSSR count). The molecule has 2 nitrogen and oxygen atoms in total. The Morgan fingerprint density at radius 1 is 1.60 bits per heavy atom. The summed E-state index contributed by atoms with van der Waals surface area (Å²) in [4.78, 5) is 3.93. The third kappa shape index (κ3) is 3.43. The van der Waals surface area contributed by atoms with Gasteiger partial charge in [0, 0.05) is 33.9 Å². The number of hydrogen-bond acceptors (Lipinski definition) is 3. The van der Waals surface area contributed by atoms with Crippen LogP contribution >= 0.6 is 39.7 Å². The predicted molar refractivity (Wildman–Crippen MR) is 71.8 cm³/mol. The van der Waals surface area contributed by atoms with Crippen molar-refractivity contribution in [3.63, 3.8) is 0 Å². The van der Waals surface area contributed by atoms with E-state index in [0.717, 1.165) is 13.1 Å². The van der Waals surface area contributed by atoms with Crippen LogP contribution in [0.1, 0.15) is 17.7 Å². The molecule has 0 aliphatic carbocycles. The zero-order chi connectivity index (χ0) is 9.97. The fraction of sp³-hybridized carbons (Fsp3) is 0.600. The van der Waals surface area contributed by atoms with Crippen LogP contribution in [0.2, 0.25) is 0 Å². The summed E-state index contributed by atoms with van der Waals surface area (Å²) < 4.78 is 1.20. The minimum absolute atomic E-state index is 0. The van der Waals surface area contributed by atoms with Crippen molar-refractivity contribution in [1.82, 2.24) is 4.90 Å². The Kier molecular flexibility index (Phi) is 5.57. The summed E-state index contributed by atoms with van der Waals surface area (Å²) in [6, 6.07) is 2.81. The largest absolute Gasteiger partial charge is 0.329 e. The van der Waals surface area contributed by atoms with Crippen LogP contribution in [-0.4, -0.2) is 24.0 Å². The third-order valence-corrected chi connectivity index (χ3v) is 4.43. The molecule has 0 saturated carbocycles. The molecule has 2 N–H and O–H groups in total. The molecule has 0 amide bonds. The summed E-state index contributed by atoms with van der Waals surface area (Å²) in [5.41, 5.74) is 5.74. The fourth-order valence-corrected chi connectivity index (χ4v) is 3.48. The van der Waals surface area contributed by atoms with Crippen molar-refractivity contribution < 1.29 is 0 Å². The van der Waals surface area contributed by atoms with Crippen LogP contribution in [0.5, 0.6) is 0 Å². The summed E-state index contributed by atoms with van der Waals surface area (Å²) in [7, 11) is 0. The highest BCUT2D eigenvalue weighted by atomic mass is 79.9. The summed E-state index contributed by atoms with van der Waals surface area (Å²) in [5.74, 6) is 0. The summed E-state index contributed by atoms with van der Waals surface area (Å²) in [6.45, 7) is 3.07. The maximum Gasteiger partial charge on any atom is 0.0331 e. The molecular formula is C10H16BrClN2S. The summed E-state index contributed by atoms with van der Waals surface area (Å²) >= 11 is 5.30. The van der Waals surface area contributed by atoms with Gasteiger partial charge >= 0.3 is 0 Å². The van der Waals surface area contributed by atoms with E-state index in [2.05, 4.69) is 32.3 Å². The Morgan fingerprint density at radius 3 is 3.00 bits per heavy atom.